The summed E-state index contributed by atoms with van der Waals surface area (Å²) in [6.45, 7) is 1.87. The highest BCUT2D eigenvalue weighted by Gasteiger charge is 2.33. The molecule has 39 heavy (non-hydrogen) atoms. The fourth-order valence-electron chi connectivity index (χ4n) is 4.93. The Morgan fingerprint density at radius 2 is 2.15 bits per heavy atom. The van der Waals surface area contributed by atoms with Gasteiger partial charge >= 0.3 is 6.09 Å². The van der Waals surface area contributed by atoms with Crippen LogP contribution in [0.2, 0.25) is 0 Å². The van der Waals surface area contributed by atoms with Gasteiger partial charge in [-0.1, -0.05) is 16.4 Å². The molecule has 6 rings (SSSR count). The molecule has 2 fully saturated rings. The van der Waals surface area contributed by atoms with Gasteiger partial charge in [-0.3, -0.25) is 14.7 Å². The molecule has 3 aliphatic heterocycles. The SMILES string of the molecule is O=C(NC[C@@H]1CC(c2ccc(-c3ccc(N4C[C@H](Cn5ccnn5)OC4=O)cc3F)cn2)=NO1)[C@@H]1CCCN1. The van der Waals surface area contributed by atoms with Gasteiger partial charge < -0.3 is 20.2 Å². The minimum Gasteiger partial charge on any atom is -0.442 e. The molecule has 2 N–H and O–H groups in total. The van der Waals surface area contributed by atoms with Gasteiger partial charge in [0.05, 0.1) is 43.3 Å². The van der Waals surface area contributed by atoms with Crippen LogP contribution in [0.4, 0.5) is 14.9 Å². The summed E-state index contributed by atoms with van der Waals surface area (Å²) in [5.74, 6) is -0.503. The molecule has 0 radical (unpaired) electrons. The topological polar surface area (TPSA) is 136 Å². The number of oxime groups is 1. The Hall–Kier alpha value is -4.39. The lowest BCUT2D eigenvalue weighted by atomic mass is 10.0. The fourth-order valence-corrected chi connectivity index (χ4v) is 4.93. The number of cyclic esters (lactones) is 1. The molecule has 3 aromatic rings. The predicted octanol–water partition coefficient (Wildman–Crippen LogP) is 1.87. The lowest BCUT2D eigenvalue weighted by Gasteiger charge is -2.14. The Kier molecular flexibility index (Phi) is 6.88. The highest BCUT2D eigenvalue weighted by molar-refractivity contribution is 6.00. The van der Waals surface area contributed by atoms with Crippen LogP contribution in [0.25, 0.3) is 11.1 Å². The first-order valence-electron chi connectivity index (χ1n) is 12.9. The Morgan fingerprint density at radius 1 is 1.23 bits per heavy atom. The van der Waals surface area contributed by atoms with Crippen molar-refractivity contribution in [3.05, 3.63) is 60.4 Å². The molecule has 0 bridgehead atoms. The van der Waals surface area contributed by atoms with Crippen molar-refractivity contribution in [2.45, 2.75) is 44.1 Å². The van der Waals surface area contributed by atoms with Crippen LogP contribution in [0.1, 0.15) is 25.0 Å². The molecule has 202 valence electrons. The average Bonchev–Trinajstić information content (AvgIpc) is 3.76. The second-order valence-electron chi connectivity index (χ2n) is 9.70. The summed E-state index contributed by atoms with van der Waals surface area (Å²) in [5, 5.41) is 17.8. The summed E-state index contributed by atoms with van der Waals surface area (Å²) in [7, 11) is 0. The van der Waals surface area contributed by atoms with Crippen molar-refractivity contribution in [2.24, 2.45) is 5.16 Å². The normalized spacial score (nSPS) is 22.5. The maximum atomic E-state index is 15.1. The molecular formula is C26H27FN8O4. The summed E-state index contributed by atoms with van der Waals surface area (Å²) in [4.78, 5) is 35.9. The largest absolute Gasteiger partial charge is 0.442 e. The second kappa shape index (κ2) is 10.8. The third-order valence-electron chi connectivity index (χ3n) is 6.98. The highest BCUT2D eigenvalue weighted by atomic mass is 19.1. The highest BCUT2D eigenvalue weighted by Crippen LogP contribution is 2.29. The van der Waals surface area contributed by atoms with E-state index in [2.05, 4.69) is 31.1 Å². The van der Waals surface area contributed by atoms with Crippen molar-refractivity contribution in [1.82, 2.24) is 30.6 Å². The van der Waals surface area contributed by atoms with Crippen LogP contribution in [0.5, 0.6) is 0 Å². The Morgan fingerprint density at radius 3 is 2.90 bits per heavy atom. The van der Waals surface area contributed by atoms with Gasteiger partial charge in [0.2, 0.25) is 5.91 Å². The molecule has 3 atom stereocenters. The number of hydrogen-bond acceptors (Lipinski definition) is 9. The standard InChI is InChI=1S/C26H27FN8O4/c27-21-10-17(35-15-19(38-26(35)37)14-34-9-8-31-33-34)4-5-20(21)16-3-6-22(29-12-16)24-11-18(39-32-24)13-30-25(36)23-2-1-7-28-23/h3-6,8-10,12,18-19,23,28H,1-2,7,11,13-15H2,(H,30,36)/t18-,19-,23-/m0/s1. The van der Waals surface area contributed by atoms with E-state index < -0.39 is 18.0 Å². The summed E-state index contributed by atoms with van der Waals surface area (Å²) in [5.41, 5.74) is 2.65. The minimum atomic E-state index is -0.536. The van der Waals surface area contributed by atoms with E-state index in [1.165, 1.54) is 11.0 Å². The van der Waals surface area contributed by atoms with Crippen molar-refractivity contribution in [3.8, 4) is 11.1 Å². The number of aromatic nitrogens is 4. The molecule has 3 aliphatic rings. The molecule has 13 heteroatoms. The van der Waals surface area contributed by atoms with Gasteiger partial charge in [-0.15, -0.1) is 5.10 Å². The van der Waals surface area contributed by atoms with Crippen LogP contribution in [0.3, 0.4) is 0 Å². The van der Waals surface area contributed by atoms with E-state index in [0.717, 1.165) is 19.4 Å². The maximum Gasteiger partial charge on any atom is 0.414 e. The molecule has 0 spiro atoms. The van der Waals surface area contributed by atoms with E-state index in [1.54, 1.807) is 47.5 Å². The third-order valence-corrected chi connectivity index (χ3v) is 6.98. The van der Waals surface area contributed by atoms with Crippen LogP contribution in [-0.4, -0.2) is 75.6 Å². The van der Waals surface area contributed by atoms with E-state index in [4.69, 9.17) is 9.57 Å². The van der Waals surface area contributed by atoms with E-state index in [-0.39, 0.29) is 24.6 Å². The van der Waals surface area contributed by atoms with Crippen molar-refractivity contribution < 1.29 is 23.6 Å². The Bertz CT molecular complexity index is 1380. The second-order valence-corrected chi connectivity index (χ2v) is 9.70. The number of anilines is 1. The number of benzene rings is 1. The number of carbonyl (C=O) groups excluding carboxylic acids is 2. The van der Waals surface area contributed by atoms with Gasteiger partial charge in [0.1, 0.15) is 17.6 Å². The molecule has 2 saturated heterocycles. The molecular weight excluding hydrogens is 507 g/mol. The van der Waals surface area contributed by atoms with Gasteiger partial charge in [0.15, 0.2) is 6.10 Å². The summed E-state index contributed by atoms with van der Waals surface area (Å²) in [6, 6.07) is 8.01. The van der Waals surface area contributed by atoms with Crippen molar-refractivity contribution in [1.29, 1.82) is 0 Å². The molecule has 0 aliphatic carbocycles. The number of hydrogen-bond donors (Lipinski definition) is 2. The van der Waals surface area contributed by atoms with E-state index in [9.17, 15) is 9.59 Å². The van der Waals surface area contributed by atoms with Crippen LogP contribution >= 0.6 is 0 Å². The number of pyridine rings is 1. The van der Waals surface area contributed by atoms with E-state index in [1.807, 2.05) is 0 Å². The lowest BCUT2D eigenvalue weighted by Crippen LogP contribution is -2.43. The van der Waals surface area contributed by atoms with Crippen LogP contribution in [-0.2, 0) is 20.9 Å². The zero-order valence-corrected chi connectivity index (χ0v) is 21.0. The summed E-state index contributed by atoms with van der Waals surface area (Å²) < 4.78 is 22.1. The first-order chi connectivity index (χ1) is 19.0. The third kappa shape index (κ3) is 5.43. The predicted molar refractivity (Wildman–Crippen MR) is 137 cm³/mol. The fraction of sp³-hybridized carbons (Fsp3) is 0.385. The maximum absolute atomic E-state index is 15.1. The molecule has 0 saturated carbocycles. The average molecular weight is 535 g/mol. The van der Waals surface area contributed by atoms with E-state index >= 15 is 4.39 Å². The minimum absolute atomic E-state index is 0.0201. The molecule has 2 amide bonds. The van der Waals surface area contributed by atoms with Crippen molar-refractivity contribution in [2.75, 3.05) is 24.5 Å². The number of rotatable bonds is 8. The first kappa shape index (κ1) is 24.9. The Balaban J connectivity index is 1.05. The quantitative estimate of drug-likeness (QED) is 0.447. The smallest absolute Gasteiger partial charge is 0.414 e. The monoisotopic (exact) mass is 534 g/mol. The zero-order valence-electron chi connectivity index (χ0n) is 21.0. The van der Waals surface area contributed by atoms with Gasteiger partial charge in [-0.05, 0) is 43.7 Å². The first-order valence-corrected chi connectivity index (χ1v) is 12.9. The number of nitrogens with zero attached hydrogens (tertiary/aromatic N) is 6. The van der Waals surface area contributed by atoms with Gasteiger partial charge in [0.25, 0.3) is 0 Å². The van der Waals surface area contributed by atoms with Gasteiger partial charge in [0, 0.05) is 29.9 Å². The van der Waals surface area contributed by atoms with Gasteiger partial charge in [-0.2, -0.15) is 0 Å². The molecule has 0 unspecified atom stereocenters. The van der Waals surface area contributed by atoms with Crippen LogP contribution in [0.15, 0.2) is 54.1 Å². The van der Waals surface area contributed by atoms with Crippen LogP contribution in [0, 0.1) is 5.82 Å². The molecule has 12 nitrogen and oxygen atoms in total. The van der Waals surface area contributed by atoms with E-state index in [0.29, 0.717) is 47.7 Å². The zero-order chi connectivity index (χ0) is 26.8. The molecule has 5 heterocycles. The number of carbonyl (C=O) groups is 2. The lowest BCUT2D eigenvalue weighted by molar-refractivity contribution is -0.123. The van der Waals surface area contributed by atoms with Gasteiger partial charge in [-0.25, -0.2) is 13.9 Å². The molecule has 2 aromatic heterocycles. The molecule has 1 aromatic carbocycles. The van der Waals surface area contributed by atoms with Crippen molar-refractivity contribution >= 4 is 23.4 Å². The van der Waals surface area contributed by atoms with Crippen molar-refractivity contribution in [3.63, 3.8) is 0 Å². The number of amides is 2. The number of nitrogens with one attached hydrogen (secondary N) is 2. The summed E-state index contributed by atoms with van der Waals surface area (Å²) in [6.07, 6.45) is 5.95. The number of ether oxygens (including phenoxy) is 1. The Labute approximate surface area is 223 Å². The summed E-state index contributed by atoms with van der Waals surface area (Å²) >= 11 is 0. The van der Waals surface area contributed by atoms with Crippen LogP contribution < -0.4 is 15.5 Å². The number of halogens is 1.